The van der Waals surface area contributed by atoms with Gasteiger partial charge in [-0.25, -0.2) is 0 Å². The number of likely N-dealkylation sites (N-methyl/N-ethyl adjacent to an activating group) is 1. The van der Waals surface area contributed by atoms with Crippen molar-refractivity contribution in [2.24, 2.45) is 0 Å². The molecule has 0 aliphatic carbocycles. The summed E-state index contributed by atoms with van der Waals surface area (Å²) < 4.78 is 7.50. The molecule has 2 aromatic rings. The standard InChI is InChI=1S/C19H27N3O2/c1-3-21-11-5-6-15(21)14-20-19(23)10-13-22-12-9-16-17(22)7-4-8-18(16)24-2/h4,7-9,12,15H,3,5-6,10-11,13-14H2,1-2H3,(H,20,23)/t15-/m0/s1. The van der Waals surface area contributed by atoms with Gasteiger partial charge in [-0.1, -0.05) is 13.0 Å². The predicted molar refractivity (Wildman–Crippen MR) is 96.4 cm³/mol. The number of aryl methyl sites for hydroxylation is 1. The maximum Gasteiger partial charge on any atom is 0.221 e. The molecule has 2 heterocycles. The van der Waals surface area contributed by atoms with Crippen LogP contribution in [-0.4, -0.2) is 48.2 Å². The average Bonchev–Trinajstić information content (AvgIpc) is 3.24. The highest BCUT2D eigenvalue weighted by Gasteiger charge is 2.22. The Labute approximate surface area is 143 Å². The van der Waals surface area contributed by atoms with Crippen LogP contribution < -0.4 is 10.1 Å². The summed E-state index contributed by atoms with van der Waals surface area (Å²) in [6, 6.07) is 8.56. The van der Waals surface area contributed by atoms with E-state index in [2.05, 4.69) is 27.8 Å². The molecular weight excluding hydrogens is 302 g/mol. The smallest absolute Gasteiger partial charge is 0.221 e. The molecule has 0 spiro atoms. The minimum Gasteiger partial charge on any atom is -0.496 e. The van der Waals surface area contributed by atoms with Crippen LogP contribution in [0.2, 0.25) is 0 Å². The van der Waals surface area contributed by atoms with Crippen molar-refractivity contribution in [3.05, 3.63) is 30.5 Å². The lowest BCUT2D eigenvalue weighted by molar-refractivity contribution is -0.121. The summed E-state index contributed by atoms with van der Waals surface area (Å²) in [6.07, 6.45) is 4.96. The molecule has 24 heavy (non-hydrogen) atoms. The molecule has 1 aromatic heterocycles. The number of nitrogens with one attached hydrogen (secondary N) is 1. The number of aromatic nitrogens is 1. The maximum absolute atomic E-state index is 12.2. The highest BCUT2D eigenvalue weighted by molar-refractivity contribution is 5.86. The van der Waals surface area contributed by atoms with Crippen molar-refractivity contribution >= 4 is 16.8 Å². The van der Waals surface area contributed by atoms with E-state index < -0.39 is 0 Å². The zero-order chi connectivity index (χ0) is 16.9. The van der Waals surface area contributed by atoms with Crippen molar-refractivity contribution in [3.8, 4) is 5.75 Å². The van der Waals surface area contributed by atoms with Gasteiger partial charge in [0, 0.05) is 37.1 Å². The summed E-state index contributed by atoms with van der Waals surface area (Å²) in [4.78, 5) is 14.6. The minimum absolute atomic E-state index is 0.127. The molecule has 1 amide bonds. The summed E-state index contributed by atoms with van der Waals surface area (Å²) in [5, 5.41) is 4.19. The first kappa shape index (κ1) is 16.8. The normalized spacial score (nSPS) is 18.2. The van der Waals surface area contributed by atoms with E-state index in [4.69, 9.17) is 4.74 Å². The van der Waals surface area contributed by atoms with Crippen molar-refractivity contribution in [3.63, 3.8) is 0 Å². The zero-order valence-electron chi connectivity index (χ0n) is 14.6. The first-order chi connectivity index (χ1) is 11.7. The molecule has 0 unspecified atom stereocenters. The van der Waals surface area contributed by atoms with Crippen LogP contribution in [0, 0.1) is 0 Å². The molecule has 1 aliphatic heterocycles. The summed E-state index contributed by atoms with van der Waals surface area (Å²) in [6.45, 7) is 5.87. The molecule has 0 saturated carbocycles. The number of hydrogen-bond acceptors (Lipinski definition) is 3. The Morgan fingerprint density at radius 1 is 1.38 bits per heavy atom. The second-order valence-corrected chi connectivity index (χ2v) is 6.38. The largest absolute Gasteiger partial charge is 0.496 e. The van der Waals surface area contributed by atoms with Gasteiger partial charge < -0.3 is 14.6 Å². The third-order valence-corrected chi connectivity index (χ3v) is 5.01. The van der Waals surface area contributed by atoms with E-state index in [9.17, 15) is 4.79 Å². The van der Waals surface area contributed by atoms with Crippen LogP contribution in [0.5, 0.6) is 5.75 Å². The lowest BCUT2D eigenvalue weighted by Gasteiger charge is -2.22. The topological polar surface area (TPSA) is 46.5 Å². The van der Waals surface area contributed by atoms with Crippen LogP contribution in [0.15, 0.2) is 30.5 Å². The number of ether oxygens (including phenoxy) is 1. The molecule has 3 rings (SSSR count). The molecule has 5 nitrogen and oxygen atoms in total. The second-order valence-electron chi connectivity index (χ2n) is 6.38. The number of rotatable bonds is 7. The molecule has 1 aromatic carbocycles. The summed E-state index contributed by atoms with van der Waals surface area (Å²) in [7, 11) is 1.68. The third kappa shape index (κ3) is 3.56. The number of likely N-dealkylation sites (tertiary alicyclic amines) is 1. The van der Waals surface area contributed by atoms with E-state index in [1.54, 1.807) is 7.11 Å². The second kappa shape index (κ2) is 7.71. The fraction of sp³-hybridized carbons (Fsp3) is 0.526. The quantitative estimate of drug-likeness (QED) is 0.849. The molecule has 1 aliphatic rings. The van der Waals surface area contributed by atoms with E-state index in [-0.39, 0.29) is 5.91 Å². The van der Waals surface area contributed by atoms with Crippen LogP contribution in [0.1, 0.15) is 26.2 Å². The van der Waals surface area contributed by atoms with Crippen molar-refractivity contribution in [1.29, 1.82) is 0 Å². The molecule has 5 heteroatoms. The van der Waals surface area contributed by atoms with Gasteiger partial charge in [0.2, 0.25) is 5.91 Å². The number of amides is 1. The Balaban J connectivity index is 1.53. The van der Waals surface area contributed by atoms with Crippen LogP contribution in [0.25, 0.3) is 10.9 Å². The van der Waals surface area contributed by atoms with Gasteiger partial charge in [-0.15, -0.1) is 0 Å². The number of nitrogens with zero attached hydrogens (tertiary/aromatic N) is 2. The number of hydrogen-bond donors (Lipinski definition) is 1. The molecule has 130 valence electrons. The molecule has 1 N–H and O–H groups in total. The van der Waals surface area contributed by atoms with Crippen LogP contribution in [0.4, 0.5) is 0 Å². The molecule has 0 radical (unpaired) electrons. The van der Waals surface area contributed by atoms with E-state index in [1.807, 2.05) is 24.4 Å². The highest BCUT2D eigenvalue weighted by atomic mass is 16.5. The van der Waals surface area contributed by atoms with Crippen LogP contribution in [0.3, 0.4) is 0 Å². The van der Waals surface area contributed by atoms with E-state index in [1.165, 1.54) is 12.8 Å². The maximum atomic E-state index is 12.2. The number of benzene rings is 1. The monoisotopic (exact) mass is 329 g/mol. The van der Waals surface area contributed by atoms with Gasteiger partial charge in [-0.2, -0.15) is 0 Å². The van der Waals surface area contributed by atoms with Gasteiger partial charge in [-0.3, -0.25) is 9.69 Å². The SMILES string of the molecule is CCN1CCC[C@H]1CNC(=O)CCn1ccc2c(OC)cccc21. The zero-order valence-corrected chi connectivity index (χ0v) is 14.6. The molecule has 1 fully saturated rings. The van der Waals surface area contributed by atoms with Crippen molar-refractivity contribution in [2.45, 2.75) is 38.8 Å². The lowest BCUT2D eigenvalue weighted by atomic mass is 10.2. The van der Waals surface area contributed by atoms with Crippen molar-refractivity contribution in [2.75, 3.05) is 26.7 Å². The number of methoxy groups -OCH3 is 1. The predicted octanol–water partition coefficient (Wildman–Crippen LogP) is 2.64. The summed E-state index contributed by atoms with van der Waals surface area (Å²) >= 11 is 0. The van der Waals surface area contributed by atoms with Gasteiger partial charge in [-0.05, 0) is 44.1 Å². The summed E-state index contributed by atoms with van der Waals surface area (Å²) in [5.41, 5.74) is 1.11. The Hall–Kier alpha value is -2.01. The average molecular weight is 329 g/mol. The lowest BCUT2D eigenvalue weighted by Crippen LogP contribution is -2.40. The van der Waals surface area contributed by atoms with Crippen LogP contribution in [-0.2, 0) is 11.3 Å². The number of carbonyl (C=O) groups excluding carboxylic acids is 1. The fourth-order valence-corrected chi connectivity index (χ4v) is 3.65. The van der Waals surface area contributed by atoms with Gasteiger partial charge >= 0.3 is 0 Å². The molecule has 1 atom stereocenters. The Morgan fingerprint density at radius 2 is 2.25 bits per heavy atom. The minimum atomic E-state index is 0.127. The third-order valence-electron chi connectivity index (χ3n) is 5.01. The summed E-state index contributed by atoms with van der Waals surface area (Å²) in [5.74, 6) is 0.999. The Kier molecular flexibility index (Phi) is 5.41. The van der Waals surface area contributed by atoms with E-state index >= 15 is 0 Å². The Bertz CT molecular complexity index is 695. The van der Waals surface area contributed by atoms with Crippen molar-refractivity contribution in [1.82, 2.24) is 14.8 Å². The van der Waals surface area contributed by atoms with Crippen LogP contribution >= 0.6 is 0 Å². The number of fused-ring (bicyclic) bond motifs is 1. The Morgan fingerprint density at radius 3 is 3.04 bits per heavy atom. The van der Waals surface area contributed by atoms with Gasteiger partial charge in [0.15, 0.2) is 0 Å². The van der Waals surface area contributed by atoms with E-state index in [0.717, 1.165) is 36.3 Å². The van der Waals surface area contributed by atoms with Gasteiger partial charge in [0.25, 0.3) is 0 Å². The number of carbonyl (C=O) groups is 1. The fourth-order valence-electron chi connectivity index (χ4n) is 3.65. The first-order valence-corrected chi connectivity index (χ1v) is 8.85. The van der Waals surface area contributed by atoms with Crippen molar-refractivity contribution < 1.29 is 9.53 Å². The molecule has 0 bridgehead atoms. The van der Waals surface area contributed by atoms with Gasteiger partial charge in [0.05, 0.1) is 12.6 Å². The van der Waals surface area contributed by atoms with Gasteiger partial charge in [0.1, 0.15) is 5.75 Å². The highest BCUT2D eigenvalue weighted by Crippen LogP contribution is 2.26. The molecular formula is C19H27N3O2. The molecule has 1 saturated heterocycles. The van der Waals surface area contributed by atoms with E-state index in [0.29, 0.717) is 19.0 Å². The first-order valence-electron chi connectivity index (χ1n) is 8.85.